The van der Waals surface area contributed by atoms with Crippen molar-refractivity contribution in [2.45, 2.75) is 19.9 Å². The molecule has 7 heteroatoms. The SMILES string of the molecule is CCOc1ccccc1NC(=O)C1=C(C)NC(=S)N[C@H]1c1ccccc1Br. The summed E-state index contributed by atoms with van der Waals surface area (Å²) in [6, 6.07) is 14.8. The van der Waals surface area contributed by atoms with Crippen molar-refractivity contribution in [3.8, 4) is 5.75 Å². The Hall–Kier alpha value is -2.38. The van der Waals surface area contributed by atoms with E-state index in [1.807, 2.05) is 62.4 Å². The molecule has 1 atom stereocenters. The van der Waals surface area contributed by atoms with Gasteiger partial charge in [0.15, 0.2) is 5.11 Å². The molecule has 0 radical (unpaired) electrons. The van der Waals surface area contributed by atoms with Gasteiger partial charge in [-0.2, -0.15) is 0 Å². The van der Waals surface area contributed by atoms with E-state index >= 15 is 0 Å². The minimum atomic E-state index is -0.367. The van der Waals surface area contributed by atoms with Gasteiger partial charge in [0.1, 0.15) is 5.75 Å². The molecule has 0 bridgehead atoms. The Morgan fingerprint density at radius 2 is 1.93 bits per heavy atom. The lowest BCUT2D eigenvalue weighted by Gasteiger charge is -2.31. The van der Waals surface area contributed by atoms with E-state index in [-0.39, 0.29) is 11.9 Å². The predicted octanol–water partition coefficient (Wildman–Crippen LogP) is 4.28. The topological polar surface area (TPSA) is 62.4 Å². The minimum absolute atomic E-state index is 0.220. The fraction of sp³-hybridized carbons (Fsp3) is 0.200. The maximum Gasteiger partial charge on any atom is 0.255 e. The van der Waals surface area contributed by atoms with Crippen LogP contribution in [0.25, 0.3) is 0 Å². The number of amides is 1. The summed E-state index contributed by atoms with van der Waals surface area (Å²) in [5.74, 6) is 0.416. The van der Waals surface area contributed by atoms with Crippen LogP contribution in [0, 0.1) is 0 Å². The molecule has 0 saturated heterocycles. The van der Waals surface area contributed by atoms with Crippen LogP contribution in [0.5, 0.6) is 5.75 Å². The van der Waals surface area contributed by atoms with E-state index in [0.717, 1.165) is 10.0 Å². The molecule has 0 spiro atoms. The molecule has 1 aliphatic rings. The second-order valence-electron chi connectivity index (χ2n) is 5.97. The third kappa shape index (κ3) is 4.31. The quantitative estimate of drug-likeness (QED) is 0.599. The van der Waals surface area contributed by atoms with Crippen molar-refractivity contribution in [1.29, 1.82) is 0 Å². The number of thiocarbonyl (C=S) groups is 1. The molecular formula is C20H20BrN3O2S. The van der Waals surface area contributed by atoms with Gasteiger partial charge in [-0.05, 0) is 49.8 Å². The van der Waals surface area contributed by atoms with Gasteiger partial charge >= 0.3 is 0 Å². The van der Waals surface area contributed by atoms with Gasteiger partial charge in [0.05, 0.1) is 23.9 Å². The molecule has 3 N–H and O–H groups in total. The summed E-state index contributed by atoms with van der Waals surface area (Å²) in [5.41, 5.74) is 2.85. The number of hydrogen-bond acceptors (Lipinski definition) is 3. The Morgan fingerprint density at radius 3 is 2.67 bits per heavy atom. The van der Waals surface area contributed by atoms with Crippen molar-refractivity contribution in [3.05, 3.63) is 69.8 Å². The number of hydrogen-bond donors (Lipinski definition) is 3. The van der Waals surface area contributed by atoms with Gasteiger partial charge in [-0.15, -0.1) is 0 Å². The Morgan fingerprint density at radius 1 is 1.22 bits per heavy atom. The summed E-state index contributed by atoms with van der Waals surface area (Å²) in [6.07, 6.45) is 0. The highest BCUT2D eigenvalue weighted by Crippen LogP contribution is 2.33. The third-order valence-electron chi connectivity index (χ3n) is 4.17. The van der Waals surface area contributed by atoms with E-state index in [2.05, 4.69) is 31.9 Å². The third-order valence-corrected chi connectivity index (χ3v) is 5.11. The molecule has 2 aromatic carbocycles. The molecule has 0 saturated carbocycles. The van der Waals surface area contributed by atoms with Crippen molar-refractivity contribution in [2.24, 2.45) is 0 Å². The van der Waals surface area contributed by atoms with E-state index in [1.165, 1.54) is 0 Å². The van der Waals surface area contributed by atoms with Gasteiger partial charge in [0, 0.05) is 10.2 Å². The summed E-state index contributed by atoms with van der Waals surface area (Å²) in [7, 11) is 0. The number of anilines is 1. The lowest BCUT2D eigenvalue weighted by Crippen LogP contribution is -2.45. The van der Waals surface area contributed by atoms with Crippen molar-refractivity contribution < 1.29 is 9.53 Å². The Bertz CT molecular complexity index is 914. The predicted molar refractivity (Wildman–Crippen MR) is 115 cm³/mol. The van der Waals surface area contributed by atoms with Crippen LogP contribution in [0.3, 0.4) is 0 Å². The fourth-order valence-electron chi connectivity index (χ4n) is 2.98. The number of carbonyl (C=O) groups excluding carboxylic acids is 1. The Kier molecular flexibility index (Phi) is 6.13. The van der Waals surface area contributed by atoms with Crippen molar-refractivity contribution in [3.63, 3.8) is 0 Å². The highest BCUT2D eigenvalue weighted by Gasteiger charge is 2.31. The number of allylic oxidation sites excluding steroid dienone is 1. The average molecular weight is 446 g/mol. The normalized spacial score (nSPS) is 16.4. The summed E-state index contributed by atoms with van der Waals surface area (Å²) >= 11 is 8.87. The number of nitrogens with one attached hydrogen (secondary N) is 3. The second kappa shape index (κ2) is 8.54. The highest BCUT2D eigenvalue weighted by atomic mass is 79.9. The molecule has 0 aromatic heterocycles. The smallest absolute Gasteiger partial charge is 0.255 e. The fourth-order valence-corrected chi connectivity index (χ4v) is 3.76. The second-order valence-corrected chi connectivity index (χ2v) is 7.24. The van der Waals surface area contributed by atoms with Gasteiger partial charge in [-0.25, -0.2) is 0 Å². The van der Waals surface area contributed by atoms with Gasteiger partial charge < -0.3 is 20.7 Å². The zero-order valence-corrected chi connectivity index (χ0v) is 17.4. The van der Waals surface area contributed by atoms with E-state index in [9.17, 15) is 4.79 Å². The summed E-state index contributed by atoms with van der Waals surface area (Å²) < 4.78 is 6.51. The summed E-state index contributed by atoms with van der Waals surface area (Å²) in [4.78, 5) is 13.2. The molecule has 0 aliphatic carbocycles. The van der Waals surface area contributed by atoms with E-state index in [1.54, 1.807) is 0 Å². The molecule has 1 amide bonds. The number of rotatable bonds is 5. The molecule has 5 nitrogen and oxygen atoms in total. The first-order chi connectivity index (χ1) is 13.0. The first kappa shape index (κ1) is 19.4. The van der Waals surface area contributed by atoms with Crippen molar-refractivity contribution in [1.82, 2.24) is 10.6 Å². The number of para-hydroxylation sites is 2. The lowest BCUT2D eigenvalue weighted by molar-refractivity contribution is -0.113. The standard InChI is InChI=1S/C20H20BrN3O2S/c1-3-26-16-11-7-6-10-15(16)23-19(25)17-12(2)22-20(27)24-18(17)13-8-4-5-9-14(13)21/h4-11,18H,3H2,1-2H3,(H,23,25)(H2,22,24,27)/t18-/m0/s1. The van der Waals surface area contributed by atoms with Crippen molar-refractivity contribution in [2.75, 3.05) is 11.9 Å². The minimum Gasteiger partial charge on any atom is -0.492 e. The monoisotopic (exact) mass is 445 g/mol. The zero-order valence-electron chi connectivity index (χ0n) is 15.0. The average Bonchev–Trinajstić information content (AvgIpc) is 2.63. The van der Waals surface area contributed by atoms with Crippen LogP contribution in [0.2, 0.25) is 0 Å². The molecule has 140 valence electrons. The van der Waals surface area contributed by atoms with E-state index < -0.39 is 0 Å². The van der Waals surface area contributed by atoms with Crippen LogP contribution in [0.1, 0.15) is 25.5 Å². The van der Waals surface area contributed by atoms with Gasteiger partial charge in [0.2, 0.25) is 0 Å². The van der Waals surface area contributed by atoms with Gasteiger partial charge in [-0.3, -0.25) is 4.79 Å². The van der Waals surface area contributed by atoms with Crippen LogP contribution >= 0.6 is 28.1 Å². The van der Waals surface area contributed by atoms with Gasteiger partial charge in [0.25, 0.3) is 5.91 Å². The van der Waals surface area contributed by atoms with Crippen LogP contribution in [-0.4, -0.2) is 17.6 Å². The molecule has 0 fully saturated rings. The van der Waals surface area contributed by atoms with Gasteiger partial charge in [-0.1, -0.05) is 46.3 Å². The number of halogens is 1. The van der Waals surface area contributed by atoms with E-state index in [4.69, 9.17) is 17.0 Å². The number of ether oxygens (including phenoxy) is 1. The van der Waals surface area contributed by atoms with Crippen LogP contribution in [-0.2, 0) is 4.79 Å². The van der Waals surface area contributed by atoms with Crippen LogP contribution in [0.4, 0.5) is 5.69 Å². The van der Waals surface area contributed by atoms with Crippen LogP contribution < -0.4 is 20.7 Å². The molecule has 0 unspecified atom stereocenters. The zero-order chi connectivity index (χ0) is 19.4. The number of carbonyl (C=O) groups is 1. The molecule has 1 aliphatic heterocycles. The molecule has 27 heavy (non-hydrogen) atoms. The molecule has 1 heterocycles. The molecule has 2 aromatic rings. The first-order valence-electron chi connectivity index (χ1n) is 8.57. The van der Waals surface area contributed by atoms with Crippen molar-refractivity contribution >= 4 is 44.9 Å². The maximum absolute atomic E-state index is 13.2. The van der Waals surface area contributed by atoms with E-state index in [0.29, 0.717) is 34.4 Å². The largest absolute Gasteiger partial charge is 0.492 e. The van der Waals surface area contributed by atoms with Crippen LogP contribution in [0.15, 0.2) is 64.3 Å². The first-order valence-corrected chi connectivity index (χ1v) is 9.77. The highest BCUT2D eigenvalue weighted by molar-refractivity contribution is 9.10. The molecule has 3 rings (SSSR count). The number of benzene rings is 2. The summed E-state index contributed by atoms with van der Waals surface area (Å²) in [6.45, 7) is 4.27. The summed E-state index contributed by atoms with van der Waals surface area (Å²) in [5, 5.41) is 9.70. The Balaban J connectivity index is 1.97. The lowest BCUT2D eigenvalue weighted by atomic mass is 9.95. The molecular weight excluding hydrogens is 426 g/mol. The maximum atomic E-state index is 13.2. The Labute approximate surface area is 172 Å².